The van der Waals surface area contributed by atoms with Crippen LogP contribution >= 0.6 is 11.6 Å². The van der Waals surface area contributed by atoms with E-state index in [2.05, 4.69) is 10.0 Å². The fourth-order valence-electron chi connectivity index (χ4n) is 4.15. The Labute approximate surface area is 183 Å². The maximum Gasteiger partial charge on any atom is 0.240 e. The molecule has 166 valence electrons. The van der Waals surface area contributed by atoms with Gasteiger partial charge in [-0.1, -0.05) is 36.9 Å². The van der Waals surface area contributed by atoms with E-state index in [0.717, 1.165) is 38.5 Å². The zero-order valence-electron chi connectivity index (χ0n) is 17.1. The van der Waals surface area contributed by atoms with Crippen molar-refractivity contribution in [3.63, 3.8) is 0 Å². The largest absolute Gasteiger partial charge is 0.353 e. The first-order valence-electron chi connectivity index (χ1n) is 10.7. The molecule has 0 aromatic heterocycles. The monoisotopic (exact) mass is 455 g/mol. The highest BCUT2D eigenvalue weighted by molar-refractivity contribution is 7.89. The predicted molar refractivity (Wildman–Crippen MR) is 116 cm³/mol. The van der Waals surface area contributed by atoms with Crippen LogP contribution in [0.1, 0.15) is 51.4 Å². The van der Waals surface area contributed by atoms with E-state index in [4.69, 9.17) is 11.6 Å². The summed E-state index contributed by atoms with van der Waals surface area (Å²) >= 11 is 5.85. The molecular formula is C21H30ClN3O4S. The van der Waals surface area contributed by atoms with Crippen LogP contribution in [0.4, 0.5) is 0 Å². The molecule has 2 N–H and O–H groups in total. The highest BCUT2D eigenvalue weighted by Gasteiger charge is 2.29. The Morgan fingerprint density at radius 1 is 1.10 bits per heavy atom. The summed E-state index contributed by atoms with van der Waals surface area (Å²) < 4.78 is 27.1. The molecule has 1 atom stereocenters. The van der Waals surface area contributed by atoms with Crippen LogP contribution in [-0.4, -0.2) is 50.8 Å². The van der Waals surface area contributed by atoms with E-state index >= 15 is 0 Å². The molecule has 9 heteroatoms. The van der Waals surface area contributed by atoms with Crippen molar-refractivity contribution in [3.05, 3.63) is 29.3 Å². The van der Waals surface area contributed by atoms with Crippen LogP contribution in [0.3, 0.4) is 0 Å². The number of hydrogen-bond acceptors (Lipinski definition) is 4. The first-order chi connectivity index (χ1) is 14.3. The number of benzene rings is 1. The average Bonchev–Trinajstić information content (AvgIpc) is 2.74. The lowest BCUT2D eigenvalue weighted by Crippen LogP contribution is -2.48. The van der Waals surface area contributed by atoms with Crippen LogP contribution in [0.15, 0.2) is 29.2 Å². The summed E-state index contributed by atoms with van der Waals surface area (Å²) in [6, 6.07) is 6.25. The number of sulfonamides is 1. The predicted octanol–water partition coefficient (Wildman–Crippen LogP) is 2.70. The van der Waals surface area contributed by atoms with Gasteiger partial charge in [-0.25, -0.2) is 13.1 Å². The van der Waals surface area contributed by atoms with E-state index in [1.807, 2.05) is 0 Å². The Hall–Kier alpha value is -1.64. The van der Waals surface area contributed by atoms with Crippen LogP contribution in [0.25, 0.3) is 0 Å². The van der Waals surface area contributed by atoms with Crippen LogP contribution < -0.4 is 10.0 Å². The van der Waals surface area contributed by atoms with E-state index in [9.17, 15) is 18.0 Å². The van der Waals surface area contributed by atoms with Crippen molar-refractivity contribution in [3.8, 4) is 0 Å². The Kier molecular flexibility index (Phi) is 8.13. The summed E-state index contributed by atoms with van der Waals surface area (Å²) in [5.41, 5.74) is 0. The van der Waals surface area contributed by atoms with Gasteiger partial charge in [0.05, 0.1) is 10.8 Å². The number of rotatable bonds is 7. The second kappa shape index (κ2) is 10.6. The molecule has 3 rings (SSSR count). The van der Waals surface area contributed by atoms with Crippen LogP contribution in [0.5, 0.6) is 0 Å². The van der Waals surface area contributed by atoms with Gasteiger partial charge in [0.15, 0.2) is 0 Å². The number of piperidine rings is 1. The molecule has 1 unspecified atom stereocenters. The molecule has 1 aromatic carbocycles. The van der Waals surface area contributed by atoms with E-state index < -0.39 is 10.0 Å². The number of hydrogen-bond donors (Lipinski definition) is 2. The fraction of sp³-hybridized carbons (Fsp3) is 0.619. The topological polar surface area (TPSA) is 95.6 Å². The molecule has 30 heavy (non-hydrogen) atoms. The minimum absolute atomic E-state index is 0.00309. The van der Waals surface area contributed by atoms with Crippen molar-refractivity contribution < 1.29 is 18.0 Å². The van der Waals surface area contributed by atoms with E-state index in [1.54, 1.807) is 17.0 Å². The smallest absolute Gasteiger partial charge is 0.240 e. The Balaban J connectivity index is 1.46. The second-order valence-corrected chi connectivity index (χ2v) is 10.3. The number of carbonyl (C=O) groups is 2. The maximum absolute atomic E-state index is 12.6. The van der Waals surface area contributed by atoms with E-state index in [-0.39, 0.29) is 41.6 Å². The molecule has 1 aromatic rings. The number of nitrogens with zero attached hydrogens (tertiary/aromatic N) is 1. The highest BCUT2D eigenvalue weighted by atomic mass is 35.5. The highest BCUT2D eigenvalue weighted by Crippen LogP contribution is 2.21. The van der Waals surface area contributed by atoms with E-state index in [1.165, 1.54) is 18.6 Å². The fourth-order valence-corrected chi connectivity index (χ4v) is 5.48. The lowest BCUT2D eigenvalue weighted by Gasteiger charge is -2.33. The minimum Gasteiger partial charge on any atom is -0.353 e. The molecule has 1 saturated heterocycles. The summed E-state index contributed by atoms with van der Waals surface area (Å²) in [6.45, 7) is 1.01. The van der Waals surface area contributed by atoms with Gasteiger partial charge in [0.1, 0.15) is 0 Å². The van der Waals surface area contributed by atoms with Crippen LogP contribution in [0.2, 0.25) is 5.02 Å². The standard InChI is InChI=1S/C21H30ClN3O4S/c22-17-7-4-10-19(14-17)30(28,29)23-12-11-20(26)25-13-5-6-16(15-25)21(27)24-18-8-2-1-3-9-18/h4,7,10,14,16,18,23H,1-3,5-6,8-9,11-13,15H2,(H,24,27). The first-order valence-corrected chi connectivity index (χ1v) is 12.5. The van der Waals surface area contributed by atoms with Gasteiger partial charge in [0, 0.05) is 37.1 Å². The normalized spacial score (nSPS) is 20.7. The molecular weight excluding hydrogens is 426 g/mol. The Morgan fingerprint density at radius 2 is 1.87 bits per heavy atom. The molecule has 2 amide bonds. The molecule has 1 aliphatic carbocycles. The number of halogens is 1. The molecule has 1 saturated carbocycles. The van der Waals surface area contributed by atoms with Gasteiger partial charge >= 0.3 is 0 Å². The van der Waals surface area contributed by atoms with Gasteiger partial charge in [-0.05, 0) is 43.9 Å². The van der Waals surface area contributed by atoms with E-state index in [0.29, 0.717) is 18.1 Å². The average molecular weight is 456 g/mol. The lowest BCUT2D eigenvalue weighted by molar-refractivity contribution is -0.135. The number of amides is 2. The third-order valence-electron chi connectivity index (χ3n) is 5.83. The SMILES string of the molecule is O=C(NC1CCCCC1)C1CCCN(C(=O)CCNS(=O)(=O)c2cccc(Cl)c2)C1. The first kappa shape index (κ1) is 23.0. The Morgan fingerprint density at radius 3 is 2.60 bits per heavy atom. The molecule has 2 fully saturated rings. The quantitative estimate of drug-likeness (QED) is 0.660. The van der Waals surface area contributed by atoms with Crippen LogP contribution in [0, 0.1) is 5.92 Å². The van der Waals surface area contributed by atoms with Gasteiger partial charge in [0.25, 0.3) is 0 Å². The molecule has 1 heterocycles. The summed E-state index contributed by atoms with van der Waals surface area (Å²) in [7, 11) is -3.72. The van der Waals surface area contributed by atoms with Crippen molar-refractivity contribution in [2.24, 2.45) is 5.92 Å². The molecule has 2 aliphatic rings. The molecule has 0 bridgehead atoms. The molecule has 1 aliphatic heterocycles. The molecule has 0 spiro atoms. The summed E-state index contributed by atoms with van der Waals surface area (Å²) in [5.74, 6) is -0.284. The third kappa shape index (κ3) is 6.43. The zero-order valence-corrected chi connectivity index (χ0v) is 18.7. The number of nitrogens with one attached hydrogen (secondary N) is 2. The summed E-state index contributed by atoms with van der Waals surface area (Å²) in [6.07, 6.45) is 7.24. The van der Waals surface area contributed by atoms with Gasteiger partial charge in [-0.2, -0.15) is 0 Å². The molecule has 7 nitrogen and oxygen atoms in total. The van der Waals surface area contributed by atoms with Crippen molar-refractivity contribution in [1.29, 1.82) is 0 Å². The zero-order chi connectivity index (χ0) is 21.6. The van der Waals surface area contributed by atoms with Gasteiger partial charge in [-0.15, -0.1) is 0 Å². The molecule has 0 radical (unpaired) electrons. The number of likely N-dealkylation sites (tertiary alicyclic amines) is 1. The number of carbonyl (C=O) groups excluding carboxylic acids is 2. The lowest BCUT2D eigenvalue weighted by atomic mass is 9.93. The van der Waals surface area contributed by atoms with Gasteiger partial charge in [0.2, 0.25) is 21.8 Å². The third-order valence-corrected chi connectivity index (χ3v) is 7.53. The van der Waals surface area contributed by atoms with Crippen molar-refractivity contribution in [1.82, 2.24) is 14.9 Å². The minimum atomic E-state index is -3.72. The maximum atomic E-state index is 12.6. The summed E-state index contributed by atoms with van der Waals surface area (Å²) in [4.78, 5) is 26.9. The van der Waals surface area contributed by atoms with Crippen LogP contribution in [-0.2, 0) is 19.6 Å². The van der Waals surface area contributed by atoms with Gasteiger partial charge in [-0.3, -0.25) is 9.59 Å². The van der Waals surface area contributed by atoms with Gasteiger partial charge < -0.3 is 10.2 Å². The van der Waals surface area contributed by atoms with Crippen molar-refractivity contribution >= 4 is 33.4 Å². The van der Waals surface area contributed by atoms with Crippen molar-refractivity contribution in [2.75, 3.05) is 19.6 Å². The second-order valence-electron chi connectivity index (χ2n) is 8.13. The van der Waals surface area contributed by atoms with Crippen molar-refractivity contribution in [2.45, 2.75) is 62.3 Å². The summed E-state index contributed by atoms with van der Waals surface area (Å²) in [5, 5.41) is 3.49. The Bertz CT molecular complexity index is 856.